The van der Waals surface area contributed by atoms with Crippen molar-refractivity contribution >= 4 is 25.7 Å². The maximum absolute atomic E-state index is 12.9. The molecule has 0 rings (SSSR count). The van der Waals surface area contributed by atoms with Crippen molar-refractivity contribution in [3.8, 4) is 0 Å². The molecule has 3 unspecified atom stereocenters. The van der Waals surface area contributed by atoms with E-state index in [2.05, 4.69) is 154 Å². The van der Waals surface area contributed by atoms with E-state index in [0.29, 0.717) is 25.7 Å². The largest absolute Gasteiger partial charge is 0.472 e. The second-order valence-corrected chi connectivity index (χ2v) is 19.8. The van der Waals surface area contributed by atoms with Crippen LogP contribution in [0.4, 0.5) is 0 Å². The van der Waals surface area contributed by atoms with Crippen LogP contribution in [0.2, 0.25) is 0 Å². The molecule has 0 aliphatic heterocycles. The van der Waals surface area contributed by atoms with Crippen molar-refractivity contribution < 1.29 is 52.2 Å². The number of unbranched alkanes of at least 4 members (excludes halogenated alkanes) is 10. The minimum absolute atomic E-state index is 0.0720. The third-order valence-electron chi connectivity index (χ3n) is 11.2. The number of phosphoric acid groups is 1. The number of rotatable bonds is 51. The van der Waals surface area contributed by atoms with Gasteiger partial charge < -0.3 is 24.2 Å². The van der Waals surface area contributed by atoms with Gasteiger partial charge in [0.1, 0.15) is 12.7 Å². The smallest absolute Gasteiger partial charge is 0.462 e. The maximum Gasteiger partial charge on any atom is 0.472 e. The van der Waals surface area contributed by atoms with Crippen molar-refractivity contribution in [3.05, 3.63) is 146 Å². The molecule has 0 aliphatic rings. The first kappa shape index (κ1) is 71.4. The predicted octanol–water partition coefficient (Wildman–Crippen LogP) is 17.1. The molecular formula is C64H101O11P. The fraction of sp³-hybridized carbons (Fsp3) is 0.578. The summed E-state index contributed by atoms with van der Waals surface area (Å²) >= 11 is 0. The lowest BCUT2D eigenvalue weighted by atomic mass is 10.1. The fourth-order valence-corrected chi connectivity index (χ4v) is 7.71. The molecule has 0 aromatic heterocycles. The normalized spacial score (nSPS) is 14.4. The standard InChI is InChI=1S/C64H101O11P/c1-4-7-10-13-16-19-22-25-27-29-30-32-33-36-38-41-44-47-50-53-62(66)71-57-61(75-64(68)55-52-49-46-43-40-37-34-31-28-26-23-20-17-14-11-8-5-2)59-73-76(69,70)72-58-60(56-65)74-63(67)54-51-48-45-42-39-35-24-21-18-15-12-9-6-3/h7-8,10-12,15-17,19-21,24-28,30,32,34,36-38,43,46,60-61,65H,4-6,9,13-14,18,22-23,29,31,33,35,39-42,44-45,47-59H2,1-3H3,(H,69,70)/b10-7-,11-8-,15-12-,19-16-,20-17-,24-21-,27-25-,28-26-,32-30-,37-34-,38-36-,46-43-. The second kappa shape index (κ2) is 56.6. The van der Waals surface area contributed by atoms with Gasteiger partial charge >= 0.3 is 25.7 Å². The summed E-state index contributed by atoms with van der Waals surface area (Å²) in [6, 6.07) is 0. The highest BCUT2D eigenvalue weighted by Crippen LogP contribution is 2.43. The molecule has 0 aromatic carbocycles. The van der Waals surface area contributed by atoms with Crippen molar-refractivity contribution in [3.63, 3.8) is 0 Å². The van der Waals surface area contributed by atoms with Gasteiger partial charge in [0.05, 0.1) is 19.8 Å². The van der Waals surface area contributed by atoms with E-state index in [0.717, 1.165) is 135 Å². The van der Waals surface area contributed by atoms with Crippen LogP contribution in [0, 0.1) is 0 Å². The Balaban J connectivity index is 4.91. The lowest BCUT2D eigenvalue weighted by Crippen LogP contribution is -2.30. The van der Waals surface area contributed by atoms with E-state index in [-0.39, 0.29) is 25.9 Å². The molecule has 0 bridgehead atoms. The van der Waals surface area contributed by atoms with E-state index in [9.17, 15) is 28.9 Å². The molecule has 0 saturated heterocycles. The van der Waals surface area contributed by atoms with Gasteiger partial charge in [-0.25, -0.2) is 4.57 Å². The Morgan fingerprint density at radius 3 is 1.12 bits per heavy atom. The summed E-state index contributed by atoms with van der Waals surface area (Å²) in [6.07, 6.45) is 72.4. The zero-order valence-electron chi connectivity index (χ0n) is 47.2. The van der Waals surface area contributed by atoms with Crippen LogP contribution >= 0.6 is 7.82 Å². The van der Waals surface area contributed by atoms with Gasteiger partial charge in [-0.3, -0.25) is 23.4 Å². The molecule has 0 spiro atoms. The van der Waals surface area contributed by atoms with Crippen LogP contribution in [0.3, 0.4) is 0 Å². The summed E-state index contributed by atoms with van der Waals surface area (Å²) in [5, 5.41) is 9.81. The van der Waals surface area contributed by atoms with Crippen LogP contribution in [-0.4, -0.2) is 66.5 Å². The fourth-order valence-electron chi connectivity index (χ4n) is 6.92. The Kier molecular flexibility index (Phi) is 53.1. The van der Waals surface area contributed by atoms with E-state index in [1.807, 2.05) is 12.2 Å². The minimum atomic E-state index is -4.79. The number of phosphoric ester groups is 1. The number of hydrogen-bond donors (Lipinski definition) is 2. The van der Waals surface area contributed by atoms with Crippen LogP contribution in [0.1, 0.15) is 201 Å². The predicted molar refractivity (Wildman–Crippen MR) is 316 cm³/mol. The van der Waals surface area contributed by atoms with E-state index in [1.54, 1.807) is 0 Å². The third-order valence-corrected chi connectivity index (χ3v) is 12.2. The van der Waals surface area contributed by atoms with Gasteiger partial charge in [0.25, 0.3) is 0 Å². The number of carbonyl (C=O) groups is 3. The van der Waals surface area contributed by atoms with Gasteiger partial charge in [-0.1, -0.05) is 199 Å². The number of aliphatic hydroxyl groups is 1. The summed E-state index contributed by atoms with van der Waals surface area (Å²) in [7, 11) is -4.79. The topological polar surface area (TPSA) is 155 Å². The van der Waals surface area contributed by atoms with Crippen LogP contribution < -0.4 is 0 Å². The molecule has 428 valence electrons. The highest BCUT2D eigenvalue weighted by Gasteiger charge is 2.28. The number of allylic oxidation sites excluding steroid dienone is 24. The van der Waals surface area contributed by atoms with Crippen LogP contribution in [-0.2, 0) is 42.2 Å². The Hall–Kier alpha value is -4.64. The Morgan fingerprint density at radius 2 is 0.697 bits per heavy atom. The highest BCUT2D eigenvalue weighted by atomic mass is 31.2. The van der Waals surface area contributed by atoms with Gasteiger partial charge in [0.15, 0.2) is 6.10 Å². The summed E-state index contributed by atoms with van der Waals surface area (Å²) in [6.45, 7) is 4.20. The number of esters is 3. The molecule has 0 fully saturated rings. The molecular weight excluding hydrogens is 976 g/mol. The van der Waals surface area contributed by atoms with Crippen LogP contribution in [0.25, 0.3) is 0 Å². The molecule has 11 nitrogen and oxygen atoms in total. The van der Waals surface area contributed by atoms with Gasteiger partial charge in [0.2, 0.25) is 0 Å². The van der Waals surface area contributed by atoms with Crippen molar-refractivity contribution in [2.75, 3.05) is 26.4 Å². The summed E-state index contributed by atoms with van der Waals surface area (Å²) in [4.78, 5) is 48.5. The molecule has 3 atom stereocenters. The molecule has 0 saturated carbocycles. The first-order valence-electron chi connectivity index (χ1n) is 28.7. The second-order valence-electron chi connectivity index (χ2n) is 18.3. The van der Waals surface area contributed by atoms with E-state index < -0.39 is 57.8 Å². The molecule has 0 radical (unpaired) electrons. The zero-order chi connectivity index (χ0) is 55.5. The van der Waals surface area contributed by atoms with Gasteiger partial charge in [0, 0.05) is 19.3 Å². The van der Waals surface area contributed by atoms with E-state index in [1.165, 1.54) is 0 Å². The van der Waals surface area contributed by atoms with Crippen molar-refractivity contribution in [1.82, 2.24) is 0 Å². The molecule has 0 amide bonds. The van der Waals surface area contributed by atoms with Crippen LogP contribution in [0.5, 0.6) is 0 Å². The molecule has 0 aromatic rings. The quantitative estimate of drug-likeness (QED) is 0.0197. The summed E-state index contributed by atoms with van der Waals surface area (Å²) < 4.78 is 39.4. The van der Waals surface area contributed by atoms with Crippen molar-refractivity contribution in [2.24, 2.45) is 0 Å². The monoisotopic (exact) mass is 1080 g/mol. The lowest BCUT2D eigenvalue weighted by Gasteiger charge is -2.21. The minimum Gasteiger partial charge on any atom is -0.462 e. The Bertz CT molecular complexity index is 1830. The molecule has 76 heavy (non-hydrogen) atoms. The Labute approximate surface area is 461 Å². The lowest BCUT2D eigenvalue weighted by molar-refractivity contribution is -0.161. The number of ether oxygens (including phenoxy) is 3. The van der Waals surface area contributed by atoms with Gasteiger partial charge in [-0.15, -0.1) is 0 Å². The average molecular weight is 1080 g/mol. The highest BCUT2D eigenvalue weighted by molar-refractivity contribution is 7.47. The molecule has 0 aliphatic carbocycles. The first-order valence-corrected chi connectivity index (χ1v) is 30.2. The Morgan fingerprint density at radius 1 is 0.382 bits per heavy atom. The number of hydrogen-bond acceptors (Lipinski definition) is 10. The van der Waals surface area contributed by atoms with Crippen molar-refractivity contribution in [1.29, 1.82) is 0 Å². The van der Waals surface area contributed by atoms with E-state index >= 15 is 0 Å². The zero-order valence-corrected chi connectivity index (χ0v) is 48.0. The molecule has 0 heterocycles. The van der Waals surface area contributed by atoms with E-state index in [4.69, 9.17) is 23.3 Å². The van der Waals surface area contributed by atoms with Crippen molar-refractivity contribution in [2.45, 2.75) is 213 Å². The summed E-state index contributed by atoms with van der Waals surface area (Å²) in [5.74, 6) is -1.61. The maximum atomic E-state index is 12.9. The molecule has 2 N–H and O–H groups in total. The first-order chi connectivity index (χ1) is 37.2. The van der Waals surface area contributed by atoms with Gasteiger partial charge in [-0.2, -0.15) is 0 Å². The number of carbonyl (C=O) groups excluding carboxylic acids is 3. The summed E-state index contributed by atoms with van der Waals surface area (Å²) in [5.41, 5.74) is 0. The average Bonchev–Trinajstić information content (AvgIpc) is 3.41. The number of aliphatic hydroxyl groups excluding tert-OH is 1. The SMILES string of the molecule is CC/C=C\C/C=C\C/C=C\C/C=C\C/C=C\CCCCCC(=O)OCC(COP(=O)(O)OCC(CO)OC(=O)CCCCCCC/C=C\C/C=C\CCC)OC(=O)CCC/C=C\C/C=C\C/C=C\C/C=C\C/C=C\CC. The van der Waals surface area contributed by atoms with Crippen LogP contribution in [0.15, 0.2) is 146 Å². The molecule has 12 heteroatoms. The van der Waals surface area contributed by atoms with Gasteiger partial charge in [-0.05, 0) is 128 Å². The third kappa shape index (κ3) is 54.2.